The standard InChI is InChI=1S/C14H17N3O/c1-11(2)8-14(18)17(13-9-15-16-10-13)12-6-4-3-5-7-12/h3-7,9-11H,8H2,1-2H3,(H,15,16). The number of carbonyl (C=O) groups is 1. The summed E-state index contributed by atoms with van der Waals surface area (Å²) in [6, 6.07) is 9.62. The number of benzene rings is 1. The third-order valence-corrected chi connectivity index (χ3v) is 2.59. The highest BCUT2D eigenvalue weighted by Gasteiger charge is 2.19. The lowest BCUT2D eigenvalue weighted by Gasteiger charge is -2.22. The summed E-state index contributed by atoms with van der Waals surface area (Å²) in [7, 11) is 0. The van der Waals surface area contributed by atoms with Crippen LogP contribution >= 0.6 is 0 Å². The predicted octanol–water partition coefficient (Wildman–Crippen LogP) is 3.12. The lowest BCUT2D eigenvalue weighted by Crippen LogP contribution is -2.26. The SMILES string of the molecule is CC(C)CC(=O)N(c1ccccc1)c1cn[nH]c1. The van der Waals surface area contributed by atoms with Crippen molar-refractivity contribution in [1.29, 1.82) is 0 Å². The van der Waals surface area contributed by atoms with Crippen LogP contribution in [-0.2, 0) is 4.79 Å². The van der Waals surface area contributed by atoms with Gasteiger partial charge in [0.2, 0.25) is 5.91 Å². The van der Waals surface area contributed by atoms with Crippen LogP contribution in [0.4, 0.5) is 11.4 Å². The van der Waals surface area contributed by atoms with Crippen LogP contribution in [0.15, 0.2) is 42.7 Å². The summed E-state index contributed by atoms with van der Waals surface area (Å²) in [5, 5.41) is 6.66. The predicted molar refractivity (Wildman–Crippen MR) is 71.6 cm³/mol. The largest absolute Gasteiger partial charge is 0.284 e. The zero-order chi connectivity index (χ0) is 13.0. The van der Waals surface area contributed by atoms with Crippen molar-refractivity contribution in [2.75, 3.05) is 4.90 Å². The van der Waals surface area contributed by atoms with Gasteiger partial charge in [-0.2, -0.15) is 5.10 Å². The quantitative estimate of drug-likeness (QED) is 0.896. The number of nitrogens with one attached hydrogen (secondary N) is 1. The van der Waals surface area contributed by atoms with Gasteiger partial charge >= 0.3 is 0 Å². The Hall–Kier alpha value is -2.10. The summed E-state index contributed by atoms with van der Waals surface area (Å²) in [5.74, 6) is 0.410. The molecular weight excluding hydrogens is 226 g/mol. The van der Waals surface area contributed by atoms with Gasteiger partial charge in [-0.05, 0) is 18.1 Å². The maximum absolute atomic E-state index is 12.3. The molecule has 0 aliphatic heterocycles. The summed E-state index contributed by atoms with van der Waals surface area (Å²) in [6.07, 6.45) is 3.90. The van der Waals surface area contributed by atoms with E-state index in [0.717, 1.165) is 11.4 Å². The molecule has 2 rings (SSSR count). The second-order valence-corrected chi connectivity index (χ2v) is 4.62. The van der Waals surface area contributed by atoms with Gasteiger partial charge in [-0.15, -0.1) is 0 Å². The van der Waals surface area contributed by atoms with Gasteiger partial charge < -0.3 is 0 Å². The van der Waals surface area contributed by atoms with Gasteiger partial charge in [-0.25, -0.2) is 0 Å². The second kappa shape index (κ2) is 5.49. The summed E-state index contributed by atoms with van der Waals surface area (Å²) >= 11 is 0. The van der Waals surface area contributed by atoms with Gasteiger partial charge in [-0.1, -0.05) is 32.0 Å². The van der Waals surface area contributed by atoms with E-state index < -0.39 is 0 Å². The van der Waals surface area contributed by atoms with Crippen LogP contribution in [0, 0.1) is 5.92 Å². The minimum atomic E-state index is 0.0811. The maximum atomic E-state index is 12.3. The van der Waals surface area contributed by atoms with Gasteiger partial charge in [-0.3, -0.25) is 14.8 Å². The number of rotatable bonds is 4. The molecule has 0 spiro atoms. The Morgan fingerprint density at radius 2 is 2.00 bits per heavy atom. The fourth-order valence-corrected chi connectivity index (χ4v) is 1.82. The first-order chi connectivity index (χ1) is 8.68. The molecule has 0 saturated heterocycles. The number of H-pyrrole nitrogens is 1. The van der Waals surface area contributed by atoms with E-state index >= 15 is 0 Å². The highest BCUT2D eigenvalue weighted by Crippen LogP contribution is 2.25. The maximum Gasteiger partial charge on any atom is 0.231 e. The van der Waals surface area contributed by atoms with E-state index in [1.165, 1.54) is 0 Å². The second-order valence-electron chi connectivity index (χ2n) is 4.62. The van der Waals surface area contributed by atoms with Crippen LogP contribution in [0.3, 0.4) is 0 Å². The summed E-state index contributed by atoms with van der Waals surface area (Å²) in [5.41, 5.74) is 1.64. The molecule has 0 aliphatic rings. The normalized spacial score (nSPS) is 10.6. The molecule has 94 valence electrons. The van der Waals surface area contributed by atoms with Gasteiger partial charge in [0.1, 0.15) is 0 Å². The minimum absolute atomic E-state index is 0.0811. The number of amides is 1. The number of hydrogen-bond donors (Lipinski definition) is 1. The number of aromatic amines is 1. The number of para-hydroxylation sites is 1. The fourth-order valence-electron chi connectivity index (χ4n) is 1.82. The van der Waals surface area contributed by atoms with E-state index in [9.17, 15) is 4.79 Å². The van der Waals surface area contributed by atoms with Gasteiger partial charge in [0, 0.05) is 18.3 Å². The Bertz CT molecular complexity index is 491. The molecule has 0 aliphatic carbocycles. The summed E-state index contributed by atoms with van der Waals surface area (Å²) in [4.78, 5) is 14.0. The van der Waals surface area contributed by atoms with Crippen molar-refractivity contribution in [3.63, 3.8) is 0 Å². The van der Waals surface area contributed by atoms with E-state index in [-0.39, 0.29) is 5.91 Å². The molecule has 0 atom stereocenters. The molecule has 0 radical (unpaired) electrons. The first-order valence-electron chi connectivity index (χ1n) is 6.05. The minimum Gasteiger partial charge on any atom is -0.284 e. The Balaban J connectivity index is 2.33. The van der Waals surface area contributed by atoms with Crippen molar-refractivity contribution in [3.05, 3.63) is 42.7 Å². The molecule has 1 amide bonds. The number of aromatic nitrogens is 2. The van der Waals surface area contributed by atoms with Crippen molar-refractivity contribution >= 4 is 17.3 Å². The van der Waals surface area contributed by atoms with E-state index in [0.29, 0.717) is 12.3 Å². The van der Waals surface area contributed by atoms with E-state index in [2.05, 4.69) is 10.2 Å². The van der Waals surface area contributed by atoms with Crippen LogP contribution in [0.5, 0.6) is 0 Å². The molecule has 1 aromatic carbocycles. The molecule has 4 nitrogen and oxygen atoms in total. The third-order valence-electron chi connectivity index (χ3n) is 2.59. The molecule has 2 aromatic rings. The Labute approximate surface area is 107 Å². The topological polar surface area (TPSA) is 49.0 Å². The highest BCUT2D eigenvalue weighted by atomic mass is 16.2. The molecule has 1 aromatic heterocycles. The first-order valence-corrected chi connectivity index (χ1v) is 6.05. The molecule has 0 bridgehead atoms. The number of anilines is 2. The van der Waals surface area contributed by atoms with Crippen LogP contribution in [0.1, 0.15) is 20.3 Å². The van der Waals surface area contributed by atoms with Crippen LogP contribution in [0.2, 0.25) is 0 Å². The van der Waals surface area contributed by atoms with Gasteiger partial charge in [0.15, 0.2) is 0 Å². The number of carbonyl (C=O) groups excluding carboxylic acids is 1. The van der Waals surface area contributed by atoms with Crippen molar-refractivity contribution in [3.8, 4) is 0 Å². The Morgan fingerprint density at radius 3 is 2.56 bits per heavy atom. The molecule has 18 heavy (non-hydrogen) atoms. The molecular formula is C14H17N3O. The van der Waals surface area contributed by atoms with Gasteiger partial charge in [0.25, 0.3) is 0 Å². The lowest BCUT2D eigenvalue weighted by molar-refractivity contribution is -0.118. The van der Waals surface area contributed by atoms with E-state index in [4.69, 9.17) is 0 Å². The van der Waals surface area contributed by atoms with Crippen molar-refractivity contribution in [2.45, 2.75) is 20.3 Å². The smallest absolute Gasteiger partial charge is 0.231 e. The highest BCUT2D eigenvalue weighted by molar-refractivity contribution is 6.00. The Morgan fingerprint density at radius 1 is 1.28 bits per heavy atom. The summed E-state index contributed by atoms with van der Waals surface area (Å²) in [6.45, 7) is 4.08. The molecule has 0 fully saturated rings. The first kappa shape index (κ1) is 12.4. The molecule has 1 heterocycles. The summed E-state index contributed by atoms with van der Waals surface area (Å²) < 4.78 is 0. The molecule has 1 N–H and O–H groups in total. The number of nitrogens with zero attached hydrogens (tertiary/aromatic N) is 2. The monoisotopic (exact) mass is 243 g/mol. The van der Waals surface area contributed by atoms with E-state index in [1.807, 2.05) is 44.2 Å². The van der Waals surface area contributed by atoms with Crippen molar-refractivity contribution < 1.29 is 4.79 Å². The van der Waals surface area contributed by atoms with Crippen LogP contribution < -0.4 is 4.90 Å². The number of hydrogen-bond acceptors (Lipinski definition) is 2. The molecule has 4 heteroatoms. The molecule has 0 saturated carbocycles. The van der Waals surface area contributed by atoms with Crippen molar-refractivity contribution in [2.24, 2.45) is 5.92 Å². The zero-order valence-electron chi connectivity index (χ0n) is 10.6. The fraction of sp³-hybridized carbons (Fsp3) is 0.286. The van der Waals surface area contributed by atoms with Crippen LogP contribution in [-0.4, -0.2) is 16.1 Å². The lowest BCUT2D eigenvalue weighted by atomic mass is 10.1. The molecule has 0 unspecified atom stereocenters. The average Bonchev–Trinajstić information content (AvgIpc) is 2.83. The van der Waals surface area contributed by atoms with Crippen molar-refractivity contribution in [1.82, 2.24) is 10.2 Å². The van der Waals surface area contributed by atoms with E-state index in [1.54, 1.807) is 17.3 Å². The van der Waals surface area contributed by atoms with Crippen LogP contribution in [0.25, 0.3) is 0 Å². The van der Waals surface area contributed by atoms with Gasteiger partial charge in [0.05, 0.1) is 11.9 Å². The third kappa shape index (κ3) is 2.77. The zero-order valence-corrected chi connectivity index (χ0v) is 10.6. The average molecular weight is 243 g/mol. The Kier molecular flexibility index (Phi) is 3.77.